The van der Waals surface area contributed by atoms with E-state index in [4.69, 9.17) is 0 Å². The van der Waals surface area contributed by atoms with Gasteiger partial charge in [0.1, 0.15) is 11.3 Å². The molecule has 5 heteroatoms. The molecule has 0 aliphatic rings. The Morgan fingerprint density at radius 3 is 1.78 bits per heavy atom. The molecule has 2 amide bonds. The zero-order chi connectivity index (χ0) is 16.8. The topological polar surface area (TPSA) is 83.5 Å². The van der Waals surface area contributed by atoms with E-state index < -0.39 is 28.9 Å². The summed E-state index contributed by atoms with van der Waals surface area (Å²) in [6.07, 6.45) is 0. The summed E-state index contributed by atoms with van der Waals surface area (Å²) in [6.45, 7) is 1.15. The number of ketones is 1. The van der Waals surface area contributed by atoms with Crippen LogP contribution in [0, 0.1) is 0 Å². The Hall–Kier alpha value is -3.21. The van der Waals surface area contributed by atoms with E-state index in [0.29, 0.717) is 5.56 Å². The van der Waals surface area contributed by atoms with Crippen LogP contribution in [0.2, 0.25) is 0 Å². The van der Waals surface area contributed by atoms with Gasteiger partial charge in [-0.2, -0.15) is 0 Å². The summed E-state index contributed by atoms with van der Waals surface area (Å²) in [6, 6.07) is 16.3. The van der Waals surface area contributed by atoms with E-state index in [1.54, 1.807) is 48.5 Å². The Kier molecular flexibility index (Phi) is 5.04. The van der Waals surface area contributed by atoms with Gasteiger partial charge in [-0.05, 0) is 0 Å². The number of carbonyl (C=O) groups excluding carboxylic acids is 3. The van der Waals surface area contributed by atoms with Gasteiger partial charge in [-0.3, -0.25) is 19.7 Å². The van der Waals surface area contributed by atoms with Crippen LogP contribution in [-0.2, 0) is 9.59 Å². The third-order valence-corrected chi connectivity index (χ3v) is 3.06. The van der Waals surface area contributed by atoms with E-state index in [2.05, 4.69) is 0 Å². The van der Waals surface area contributed by atoms with Crippen molar-refractivity contribution < 1.29 is 19.5 Å². The Bertz CT molecular complexity index is 764. The summed E-state index contributed by atoms with van der Waals surface area (Å²) in [7, 11) is 0. The molecule has 2 rings (SSSR count). The molecule has 0 aromatic heterocycles. The zero-order valence-electron chi connectivity index (χ0n) is 12.4. The summed E-state index contributed by atoms with van der Waals surface area (Å²) >= 11 is 0. The van der Waals surface area contributed by atoms with Crippen molar-refractivity contribution in [1.29, 1.82) is 0 Å². The normalized spacial score (nSPS) is 11.3. The average molecular weight is 309 g/mol. The summed E-state index contributed by atoms with van der Waals surface area (Å²) in [4.78, 5) is 35.9. The monoisotopic (exact) mass is 309 g/mol. The van der Waals surface area contributed by atoms with Crippen molar-refractivity contribution in [2.24, 2.45) is 0 Å². The van der Waals surface area contributed by atoms with Gasteiger partial charge in [0, 0.05) is 18.1 Å². The largest absolute Gasteiger partial charge is 0.506 e. The van der Waals surface area contributed by atoms with Gasteiger partial charge in [0.15, 0.2) is 0 Å². The minimum Gasteiger partial charge on any atom is -0.506 e. The Morgan fingerprint density at radius 1 is 0.826 bits per heavy atom. The first-order valence-corrected chi connectivity index (χ1v) is 6.91. The van der Waals surface area contributed by atoms with Crippen LogP contribution in [0.3, 0.4) is 0 Å². The van der Waals surface area contributed by atoms with Gasteiger partial charge in [0.25, 0.3) is 5.91 Å². The molecule has 0 bridgehead atoms. The number of nitrogens with one attached hydrogen (secondary N) is 1. The van der Waals surface area contributed by atoms with Crippen molar-refractivity contribution >= 4 is 23.4 Å². The molecule has 2 aromatic rings. The molecule has 0 aliphatic carbocycles. The summed E-state index contributed by atoms with van der Waals surface area (Å²) in [5.74, 6) is -2.69. The number of Topliss-reactive ketones (excluding diaryl/α,β-unsaturated/α-hetero) is 1. The number of hydrogen-bond acceptors (Lipinski definition) is 4. The van der Waals surface area contributed by atoms with Crippen LogP contribution in [-0.4, -0.2) is 22.7 Å². The summed E-state index contributed by atoms with van der Waals surface area (Å²) in [5, 5.41) is 12.4. The molecule has 0 fully saturated rings. The molecule has 116 valence electrons. The number of carbonyl (C=O) groups is 3. The van der Waals surface area contributed by atoms with Gasteiger partial charge in [-0.25, -0.2) is 0 Å². The molecular weight excluding hydrogens is 294 g/mol. The van der Waals surface area contributed by atoms with Crippen molar-refractivity contribution in [3.8, 4) is 0 Å². The van der Waals surface area contributed by atoms with Crippen LogP contribution in [0.5, 0.6) is 0 Å². The van der Waals surface area contributed by atoms with E-state index in [-0.39, 0.29) is 5.56 Å². The standard InChI is InChI=1S/C18H15NO4/c1-12(20)19-18(23)15(16(21)13-8-4-2-5-9-13)17(22)14-10-6-3-7-11-14/h2-11,21H,1H3,(H,19,20,23)/b16-15-. The van der Waals surface area contributed by atoms with Gasteiger partial charge in [-0.1, -0.05) is 60.7 Å². The number of imide groups is 1. The molecule has 2 N–H and O–H groups in total. The number of benzene rings is 2. The Morgan fingerprint density at radius 2 is 1.30 bits per heavy atom. The molecule has 0 saturated carbocycles. The molecule has 0 saturated heterocycles. The molecule has 0 aliphatic heterocycles. The molecule has 5 nitrogen and oxygen atoms in total. The number of aliphatic hydroxyl groups is 1. The second kappa shape index (κ2) is 7.17. The summed E-state index contributed by atoms with van der Waals surface area (Å²) < 4.78 is 0. The molecule has 0 heterocycles. The molecule has 0 atom stereocenters. The number of aliphatic hydroxyl groups excluding tert-OH is 1. The molecule has 2 aromatic carbocycles. The lowest BCUT2D eigenvalue weighted by Crippen LogP contribution is -2.33. The minimum atomic E-state index is -0.937. The fraction of sp³-hybridized carbons (Fsp3) is 0.0556. The first kappa shape index (κ1) is 16.2. The molecule has 23 heavy (non-hydrogen) atoms. The van der Waals surface area contributed by atoms with E-state index in [1.165, 1.54) is 12.1 Å². The van der Waals surface area contributed by atoms with E-state index in [1.807, 2.05) is 5.32 Å². The maximum Gasteiger partial charge on any atom is 0.265 e. The lowest BCUT2D eigenvalue weighted by Gasteiger charge is -2.10. The highest BCUT2D eigenvalue weighted by Crippen LogP contribution is 2.20. The maximum atomic E-state index is 12.6. The van der Waals surface area contributed by atoms with Crippen LogP contribution in [0.15, 0.2) is 66.2 Å². The third-order valence-electron chi connectivity index (χ3n) is 3.06. The highest BCUT2D eigenvalue weighted by Gasteiger charge is 2.26. The van der Waals surface area contributed by atoms with Gasteiger partial charge in [0.2, 0.25) is 11.7 Å². The average Bonchev–Trinajstić information content (AvgIpc) is 2.55. The third kappa shape index (κ3) is 3.91. The first-order chi connectivity index (χ1) is 11.0. The Labute approximate surface area is 133 Å². The highest BCUT2D eigenvalue weighted by atomic mass is 16.3. The van der Waals surface area contributed by atoms with E-state index >= 15 is 0 Å². The lowest BCUT2D eigenvalue weighted by atomic mass is 9.98. The van der Waals surface area contributed by atoms with E-state index in [9.17, 15) is 19.5 Å². The second-order valence-electron chi connectivity index (χ2n) is 4.80. The molecular formula is C18H15NO4. The van der Waals surface area contributed by atoms with Crippen molar-refractivity contribution in [2.75, 3.05) is 0 Å². The van der Waals surface area contributed by atoms with Gasteiger partial charge in [-0.15, -0.1) is 0 Å². The second-order valence-corrected chi connectivity index (χ2v) is 4.80. The molecule has 0 radical (unpaired) electrons. The first-order valence-electron chi connectivity index (χ1n) is 6.91. The van der Waals surface area contributed by atoms with Crippen molar-refractivity contribution in [1.82, 2.24) is 5.32 Å². The fourth-order valence-electron chi connectivity index (χ4n) is 2.01. The fourth-order valence-corrected chi connectivity index (χ4v) is 2.01. The summed E-state index contributed by atoms with van der Waals surface area (Å²) in [5.41, 5.74) is 0.0757. The molecule has 0 unspecified atom stereocenters. The van der Waals surface area contributed by atoms with Crippen molar-refractivity contribution in [3.63, 3.8) is 0 Å². The lowest BCUT2D eigenvalue weighted by molar-refractivity contribution is -0.126. The number of rotatable bonds is 4. The maximum absolute atomic E-state index is 12.6. The van der Waals surface area contributed by atoms with Crippen LogP contribution in [0.1, 0.15) is 22.8 Å². The Balaban J connectivity index is 2.54. The highest BCUT2D eigenvalue weighted by molar-refractivity contribution is 6.30. The smallest absolute Gasteiger partial charge is 0.265 e. The SMILES string of the molecule is CC(=O)NC(=O)/C(C(=O)c1ccccc1)=C(\O)c1ccccc1. The van der Waals surface area contributed by atoms with Crippen LogP contribution in [0.4, 0.5) is 0 Å². The van der Waals surface area contributed by atoms with Gasteiger partial charge in [0.05, 0.1) is 0 Å². The van der Waals surface area contributed by atoms with Gasteiger partial charge < -0.3 is 5.11 Å². The number of hydrogen-bond donors (Lipinski definition) is 2. The van der Waals surface area contributed by atoms with Crippen LogP contribution >= 0.6 is 0 Å². The molecule has 0 spiro atoms. The van der Waals surface area contributed by atoms with Crippen LogP contribution in [0.25, 0.3) is 5.76 Å². The minimum absolute atomic E-state index is 0.240. The quantitative estimate of drug-likeness (QED) is 0.299. The van der Waals surface area contributed by atoms with E-state index in [0.717, 1.165) is 6.92 Å². The predicted octanol–water partition coefficient (Wildman–Crippen LogP) is 2.50. The van der Waals surface area contributed by atoms with Gasteiger partial charge >= 0.3 is 0 Å². The zero-order valence-corrected chi connectivity index (χ0v) is 12.4. The number of amides is 2. The van der Waals surface area contributed by atoms with Crippen LogP contribution < -0.4 is 5.32 Å². The predicted molar refractivity (Wildman–Crippen MR) is 85.6 cm³/mol. The van der Waals surface area contributed by atoms with Crippen molar-refractivity contribution in [2.45, 2.75) is 6.92 Å². The van der Waals surface area contributed by atoms with Crippen molar-refractivity contribution in [3.05, 3.63) is 77.4 Å².